The zero-order valence-electron chi connectivity index (χ0n) is 35.8. The molecule has 0 saturated heterocycles. The van der Waals surface area contributed by atoms with E-state index < -0.39 is 5.41 Å². The van der Waals surface area contributed by atoms with Crippen LogP contribution in [0, 0.1) is 0 Å². The van der Waals surface area contributed by atoms with Crippen molar-refractivity contribution in [2.75, 3.05) is 0 Å². The Balaban J connectivity index is 0.979. The summed E-state index contributed by atoms with van der Waals surface area (Å²) in [4.78, 5) is 10.5. The van der Waals surface area contributed by atoms with E-state index >= 15 is 0 Å². The largest absolute Gasteiger partial charge is 0.228 e. The van der Waals surface area contributed by atoms with Gasteiger partial charge in [-0.25, -0.2) is 9.97 Å². The Hall–Kier alpha value is -7.94. The zero-order chi connectivity index (χ0) is 42.8. The van der Waals surface area contributed by atoms with Gasteiger partial charge in [0, 0.05) is 22.1 Å². The van der Waals surface area contributed by atoms with Gasteiger partial charge in [0.15, 0.2) is 5.82 Å². The molecule has 2 aliphatic rings. The number of hydrogen-bond acceptors (Lipinski definition) is 2. The van der Waals surface area contributed by atoms with Crippen molar-refractivity contribution < 1.29 is 0 Å². The molecule has 0 fully saturated rings. The molecule has 10 aromatic rings. The van der Waals surface area contributed by atoms with E-state index in [1.54, 1.807) is 0 Å². The van der Waals surface area contributed by atoms with Gasteiger partial charge in [0.2, 0.25) is 0 Å². The minimum absolute atomic E-state index is 0.130. The van der Waals surface area contributed by atoms with Crippen molar-refractivity contribution in [1.29, 1.82) is 0 Å². The predicted octanol–water partition coefficient (Wildman–Crippen LogP) is 15.5. The van der Waals surface area contributed by atoms with E-state index in [1.807, 2.05) is 0 Å². The van der Waals surface area contributed by atoms with Crippen LogP contribution in [0.25, 0.3) is 78.4 Å². The second-order valence-corrected chi connectivity index (χ2v) is 17.7. The first-order valence-corrected chi connectivity index (χ1v) is 22.2. The molecule has 0 aliphatic heterocycles. The fourth-order valence-corrected chi connectivity index (χ4v) is 10.7. The molecule has 12 rings (SSSR count). The third-order valence-corrected chi connectivity index (χ3v) is 13.8. The maximum absolute atomic E-state index is 5.29. The fraction of sp³-hybridized carbons (Fsp3) is 0.0645. The summed E-state index contributed by atoms with van der Waals surface area (Å²) < 4.78 is 0. The molecule has 9 aromatic carbocycles. The lowest BCUT2D eigenvalue weighted by Crippen LogP contribution is -2.40. The molecule has 0 amide bonds. The van der Waals surface area contributed by atoms with Gasteiger partial charge in [0.05, 0.1) is 16.8 Å². The molecule has 2 nitrogen and oxygen atoms in total. The minimum atomic E-state index is -0.415. The molecule has 2 aliphatic carbocycles. The van der Waals surface area contributed by atoms with Crippen LogP contribution in [0.4, 0.5) is 0 Å². The van der Waals surface area contributed by atoms with E-state index in [2.05, 4.69) is 244 Å². The fourth-order valence-electron chi connectivity index (χ4n) is 10.7. The van der Waals surface area contributed by atoms with Crippen LogP contribution < -0.4 is 0 Å². The second kappa shape index (κ2) is 14.9. The van der Waals surface area contributed by atoms with Crippen LogP contribution in [0.3, 0.4) is 0 Å². The molecule has 302 valence electrons. The van der Waals surface area contributed by atoms with Crippen LogP contribution in [0.15, 0.2) is 231 Å². The highest BCUT2D eigenvalue weighted by molar-refractivity contribution is 5.91. The second-order valence-electron chi connectivity index (χ2n) is 17.7. The van der Waals surface area contributed by atoms with Crippen LogP contribution in [-0.4, -0.2) is 9.97 Å². The van der Waals surface area contributed by atoms with Crippen LogP contribution in [0.2, 0.25) is 0 Å². The smallest absolute Gasteiger partial charge is 0.160 e. The molecule has 0 N–H and O–H groups in total. The highest BCUT2D eigenvalue weighted by atomic mass is 14.9. The Morgan fingerprint density at radius 1 is 0.266 bits per heavy atom. The lowest BCUT2D eigenvalue weighted by molar-refractivity contribution is 0.563. The number of aromatic nitrogens is 2. The first kappa shape index (κ1) is 37.8. The molecule has 1 heterocycles. The molecule has 64 heavy (non-hydrogen) atoms. The van der Waals surface area contributed by atoms with Gasteiger partial charge < -0.3 is 0 Å². The normalized spacial score (nSPS) is 13.7. The topological polar surface area (TPSA) is 25.8 Å². The molecular weight excluding hydrogens is 773 g/mol. The van der Waals surface area contributed by atoms with Crippen molar-refractivity contribution >= 4 is 0 Å². The number of nitrogens with zero attached hydrogens (tertiary/aromatic N) is 2. The Bertz CT molecular complexity index is 3230. The molecular formula is C62H44N2. The van der Waals surface area contributed by atoms with E-state index in [4.69, 9.17) is 9.97 Å². The van der Waals surface area contributed by atoms with E-state index in [1.165, 1.54) is 66.8 Å². The monoisotopic (exact) mass is 816 g/mol. The van der Waals surface area contributed by atoms with E-state index in [-0.39, 0.29) is 5.41 Å². The molecule has 0 saturated carbocycles. The molecule has 0 radical (unpaired) electrons. The Morgan fingerprint density at radius 3 is 1.28 bits per heavy atom. The molecule has 0 bridgehead atoms. The summed E-state index contributed by atoms with van der Waals surface area (Å²) in [5, 5.41) is 0. The summed E-state index contributed by atoms with van der Waals surface area (Å²) in [5.74, 6) is 0.695. The highest BCUT2D eigenvalue weighted by Gasteiger charge is 2.53. The van der Waals surface area contributed by atoms with Gasteiger partial charge >= 0.3 is 0 Å². The van der Waals surface area contributed by atoms with Gasteiger partial charge in [-0.2, -0.15) is 0 Å². The van der Waals surface area contributed by atoms with Gasteiger partial charge in [-0.05, 0) is 96.1 Å². The lowest BCUT2D eigenvalue weighted by Gasteiger charge is -2.46. The number of rotatable bonds is 6. The predicted molar refractivity (Wildman–Crippen MR) is 264 cm³/mol. The molecule has 2 heteroatoms. The third-order valence-electron chi connectivity index (χ3n) is 13.8. The third kappa shape index (κ3) is 5.94. The highest BCUT2D eigenvalue weighted by Crippen LogP contribution is 2.62. The van der Waals surface area contributed by atoms with Crippen molar-refractivity contribution in [1.82, 2.24) is 9.97 Å². The van der Waals surface area contributed by atoms with Crippen molar-refractivity contribution in [2.45, 2.75) is 24.7 Å². The summed E-state index contributed by atoms with van der Waals surface area (Å²) in [6.45, 7) is 4.75. The average molecular weight is 817 g/mol. The van der Waals surface area contributed by atoms with Gasteiger partial charge in [0.25, 0.3) is 0 Å². The van der Waals surface area contributed by atoms with Crippen LogP contribution in [-0.2, 0) is 10.8 Å². The first-order chi connectivity index (χ1) is 31.5. The number of benzene rings is 9. The summed E-state index contributed by atoms with van der Waals surface area (Å²) in [7, 11) is 0. The summed E-state index contributed by atoms with van der Waals surface area (Å²) in [6.07, 6.45) is 0. The van der Waals surface area contributed by atoms with Crippen molar-refractivity contribution in [2.24, 2.45) is 0 Å². The number of fused-ring (bicyclic) bond motifs is 9. The summed E-state index contributed by atoms with van der Waals surface area (Å²) in [5.41, 5.74) is 22.1. The zero-order valence-corrected chi connectivity index (χ0v) is 35.8. The van der Waals surface area contributed by atoms with E-state index in [9.17, 15) is 0 Å². The molecule has 1 aromatic heterocycles. The standard InChI is InChI=1S/C62H44N2/c1-61(2)54-24-11-13-26-56(54)62(57-27-14-12-25-55(57)61)52-23-10-9-22-50(52)51-39-48(36-37-53(51)62)47-20-15-21-49(38-47)59-40-58(45-32-28-43(29-33-45)41-16-5-3-6-17-41)63-60(64-59)46-34-30-44(31-35-46)42-18-7-4-8-19-42/h3-40H,1-2H3. The van der Waals surface area contributed by atoms with Gasteiger partial charge in [-0.15, -0.1) is 0 Å². The maximum Gasteiger partial charge on any atom is 0.160 e. The van der Waals surface area contributed by atoms with Crippen molar-refractivity contribution in [3.63, 3.8) is 0 Å². The number of hydrogen-bond donors (Lipinski definition) is 0. The van der Waals surface area contributed by atoms with E-state index in [0.29, 0.717) is 5.82 Å². The van der Waals surface area contributed by atoms with Gasteiger partial charge in [-0.3, -0.25) is 0 Å². The summed E-state index contributed by atoms with van der Waals surface area (Å²) >= 11 is 0. The quantitative estimate of drug-likeness (QED) is 0.167. The maximum atomic E-state index is 5.29. The molecule has 0 atom stereocenters. The van der Waals surface area contributed by atoms with Crippen molar-refractivity contribution in [3.05, 3.63) is 264 Å². The summed E-state index contributed by atoms with van der Waals surface area (Å²) in [6, 6.07) is 83.8. The Labute approximate surface area is 375 Å². The SMILES string of the molecule is CC1(C)c2ccccc2C2(c3ccccc3-c3cc(-c4cccc(-c5cc(-c6ccc(-c7ccccc7)cc6)nc(-c6ccc(-c7ccccc7)cc6)n5)c4)ccc32)c2ccccc21. The average Bonchev–Trinajstić information content (AvgIpc) is 3.66. The molecule has 1 spiro atoms. The van der Waals surface area contributed by atoms with Gasteiger partial charge in [0.1, 0.15) is 0 Å². The van der Waals surface area contributed by atoms with Gasteiger partial charge in [-0.1, -0.05) is 226 Å². The van der Waals surface area contributed by atoms with E-state index in [0.717, 1.165) is 39.2 Å². The lowest BCUT2D eigenvalue weighted by atomic mass is 9.55. The molecule has 0 unspecified atom stereocenters. The van der Waals surface area contributed by atoms with Crippen LogP contribution in [0.5, 0.6) is 0 Å². The first-order valence-electron chi connectivity index (χ1n) is 22.2. The minimum Gasteiger partial charge on any atom is -0.228 e. The van der Waals surface area contributed by atoms with Crippen LogP contribution >= 0.6 is 0 Å². The van der Waals surface area contributed by atoms with Crippen molar-refractivity contribution in [3.8, 4) is 78.4 Å². The Morgan fingerprint density at radius 2 is 0.672 bits per heavy atom. The Kier molecular flexibility index (Phi) is 8.77. The van der Waals surface area contributed by atoms with Crippen LogP contribution in [0.1, 0.15) is 47.2 Å².